The van der Waals surface area contributed by atoms with Gasteiger partial charge in [0, 0.05) is 0 Å². The van der Waals surface area contributed by atoms with Crippen LogP contribution in [0.4, 0.5) is 10.5 Å². The van der Waals surface area contributed by atoms with Crippen molar-refractivity contribution in [2.45, 2.75) is 6.92 Å². The molecule has 1 aromatic rings. The van der Waals surface area contributed by atoms with Gasteiger partial charge in [0.25, 0.3) is 0 Å². The highest BCUT2D eigenvalue weighted by atomic mass is 32.2. The monoisotopic (exact) mass is 288 g/mol. The van der Waals surface area contributed by atoms with Crippen molar-refractivity contribution < 1.29 is 27.9 Å². The highest BCUT2D eigenvalue weighted by Crippen LogP contribution is 2.18. The minimum atomic E-state index is -4.25. The number of rotatable bonds is 4. The Morgan fingerprint density at radius 1 is 1.32 bits per heavy atom. The van der Waals surface area contributed by atoms with Gasteiger partial charge in [-0.2, -0.15) is 8.42 Å². The zero-order valence-electron chi connectivity index (χ0n) is 10.1. The highest BCUT2D eigenvalue weighted by Gasteiger charge is 2.18. The standard InChI is InChI=1S/C10H12N2O6S/c1-6-3-4-8(7(5-6)9(13)14)11-19(16,17)12-10(15)18-2/h3-5,11H,1-2H3,(H,12,15)(H,13,14). The van der Waals surface area contributed by atoms with Crippen molar-refractivity contribution in [3.63, 3.8) is 0 Å². The van der Waals surface area contributed by atoms with Crippen LogP contribution < -0.4 is 9.44 Å². The highest BCUT2D eigenvalue weighted by molar-refractivity contribution is 7.91. The summed E-state index contributed by atoms with van der Waals surface area (Å²) in [6.45, 7) is 1.66. The summed E-state index contributed by atoms with van der Waals surface area (Å²) in [5, 5.41) is 8.97. The molecule has 9 heteroatoms. The molecule has 0 aliphatic carbocycles. The molecule has 0 bridgehead atoms. The molecular formula is C10H12N2O6S. The Bertz CT molecular complexity index is 610. The van der Waals surface area contributed by atoms with Crippen LogP contribution in [-0.2, 0) is 14.9 Å². The fourth-order valence-corrected chi connectivity index (χ4v) is 2.07. The van der Waals surface area contributed by atoms with E-state index in [9.17, 15) is 18.0 Å². The van der Waals surface area contributed by atoms with Crippen molar-refractivity contribution in [1.82, 2.24) is 4.72 Å². The van der Waals surface area contributed by atoms with E-state index >= 15 is 0 Å². The first-order chi connectivity index (χ1) is 8.75. The van der Waals surface area contributed by atoms with E-state index in [1.807, 2.05) is 4.72 Å². The second kappa shape index (κ2) is 5.57. The number of ether oxygens (including phenoxy) is 1. The summed E-state index contributed by atoms with van der Waals surface area (Å²) in [6.07, 6.45) is -1.18. The van der Waals surface area contributed by atoms with E-state index in [0.29, 0.717) is 5.56 Å². The van der Waals surface area contributed by atoms with E-state index in [1.165, 1.54) is 18.2 Å². The fraction of sp³-hybridized carbons (Fsp3) is 0.200. The number of carbonyl (C=O) groups excluding carboxylic acids is 1. The van der Waals surface area contributed by atoms with Crippen molar-refractivity contribution >= 4 is 28.0 Å². The Morgan fingerprint density at radius 2 is 1.95 bits per heavy atom. The van der Waals surface area contributed by atoms with Crippen LogP contribution in [0.15, 0.2) is 18.2 Å². The third-order valence-corrected chi connectivity index (χ3v) is 2.98. The second-order valence-corrected chi connectivity index (χ2v) is 4.97. The first-order valence-corrected chi connectivity index (χ1v) is 6.46. The Kier molecular flexibility index (Phi) is 4.33. The molecule has 0 aliphatic heterocycles. The summed E-state index contributed by atoms with van der Waals surface area (Å²) in [4.78, 5) is 21.8. The van der Waals surface area contributed by atoms with Crippen LogP contribution >= 0.6 is 0 Å². The third-order valence-electron chi connectivity index (χ3n) is 2.05. The Hall–Kier alpha value is -2.29. The molecule has 8 nitrogen and oxygen atoms in total. The van der Waals surface area contributed by atoms with Crippen LogP contribution in [0, 0.1) is 6.92 Å². The number of carbonyl (C=O) groups is 2. The quantitative estimate of drug-likeness (QED) is 0.750. The van der Waals surface area contributed by atoms with Crippen LogP contribution in [0.2, 0.25) is 0 Å². The Balaban J connectivity index is 3.06. The van der Waals surface area contributed by atoms with Gasteiger partial charge in [0.05, 0.1) is 18.4 Å². The van der Waals surface area contributed by atoms with Crippen molar-refractivity contribution in [3.8, 4) is 0 Å². The van der Waals surface area contributed by atoms with E-state index in [1.54, 1.807) is 11.6 Å². The van der Waals surface area contributed by atoms with Gasteiger partial charge in [-0.25, -0.2) is 14.3 Å². The van der Waals surface area contributed by atoms with Gasteiger partial charge in [-0.15, -0.1) is 0 Å². The van der Waals surface area contributed by atoms with Gasteiger partial charge in [-0.1, -0.05) is 11.6 Å². The van der Waals surface area contributed by atoms with Gasteiger partial charge in [0.1, 0.15) is 0 Å². The number of amides is 1. The van der Waals surface area contributed by atoms with E-state index in [0.717, 1.165) is 7.11 Å². The second-order valence-electron chi connectivity index (χ2n) is 3.55. The molecule has 0 saturated carbocycles. The lowest BCUT2D eigenvalue weighted by Gasteiger charge is -2.11. The van der Waals surface area contributed by atoms with Gasteiger partial charge >= 0.3 is 22.3 Å². The number of hydrogen-bond donors (Lipinski definition) is 3. The molecule has 0 heterocycles. The van der Waals surface area contributed by atoms with Gasteiger partial charge in [0.2, 0.25) is 0 Å². The maximum Gasteiger partial charge on any atom is 0.422 e. The average Bonchev–Trinajstić information content (AvgIpc) is 2.30. The van der Waals surface area contributed by atoms with E-state index in [4.69, 9.17) is 5.11 Å². The molecule has 19 heavy (non-hydrogen) atoms. The van der Waals surface area contributed by atoms with Gasteiger partial charge < -0.3 is 9.84 Å². The van der Waals surface area contributed by atoms with Crippen molar-refractivity contribution in [3.05, 3.63) is 29.3 Å². The summed E-state index contributed by atoms with van der Waals surface area (Å²) in [5.74, 6) is -1.29. The lowest BCUT2D eigenvalue weighted by Crippen LogP contribution is -2.35. The van der Waals surface area contributed by atoms with Crippen LogP contribution in [0.1, 0.15) is 15.9 Å². The Labute approximate surface area is 109 Å². The SMILES string of the molecule is COC(=O)NS(=O)(=O)Nc1ccc(C)cc1C(=O)O. The predicted molar refractivity (Wildman–Crippen MR) is 66.2 cm³/mol. The van der Waals surface area contributed by atoms with E-state index in [-0.39, 0.29) is 11.3 Å². The van der Waals surface area contributed by atoms with Crippen LogP contribution in [0.3, 0.4) is 0 Å². The maximum absolute atomic E-state index is 11.5. The summed E-state index contributed by atoms with van der Waals surface area (Å²) in [5.41, 5.74) is 0.269. The van der Waals surface area contributed by atoms with Crippen LogP contribution in [0.25, 0.3) is 0 Å². The number of benzene rings is 1. The number of anilines is 1. The first kappa shape index (κ1) is 14.8. The molecule has 1 amide bonds. The lowest BCUT2D eigenvalue weighted by atomic mass is 10.1. The van der Waals surface area contributed by atoms with Crippen molar-refractivity contribution in [1.29, 1.82) is 0 Å². The molecule has 0 spiro atoms. The number of aromatic carboxylic acids is 1. The Morgan fingerprint density at radius 3 is 2.47 bits per heavy atom. The maximum atomic E-state index is 11.5. The molecule has 104 valence electrons. The number of carboxylic acids is 1. The summed E-state index contributed by atoms with van der Waals surface area (Å²) in [7, 11) is -3.25. The average molecular weight is 288 g/mol. The van der Waals surface area contributed by atoms with Crippen LogP contribution in [0.5, 0.6) is 0 Å². The van der Waals surface area contributed by atoms with Gasteiger partial charge in [-0.05, 0) is 19.1 Å². The molecule has 1 aromatic carbocycles. The molecule has 0 fully saturated rings. The largest absolute Gasteiger partial charge is 0.478 e. The number of methoxy groups -OCH3 is 1. The number of nitrogens with one attached hydrogen (secondary N) is 2. The molecule has 0 atom stereocenters. The van der Waals surface area contributed by atoms with Crippen molar-refractivity contribution in [2.75, 3.05) is 11.8 Å². The molecule has 0 saturated heterocycles. The number of aryl methyl sites for hydroxylation is 1. The predicted octanol–water partition coefficient (Wildman–Crippen LogP) is 0.706. The topological polar surface area (TPSA) is 122 Å². The minimum absolute atomic E-state index is 0.158. The van der Waals surface area contributed by atoms with E-state index < -0.39 is 22.3 Å². The molecule has 0 aliphatic rings. The zero-order chi connectivity index (χ0) is 14.6. The van der Waals surface area contributed by atoms with Gasteiger partial charge in [0.15, 0.2) is 0 Å². The molecule has 1 rings (SSSR count). The van der Waals surface area contributed by atoms with Crippen LogP contribution in [-0.4, -0.2) is 32.7 Å². The normalized spacial score (nSPS) is 10.6. The van der Waals surface area contributed by atoms with Gasteiger partial charge in [-0.3, -0.25) is 4.72 Å². The number of carboxylic acid groups (broad SMARTS) is 1. The summed E-state index contributed by atoms with van der Waals surface area (Å²) < 4.78 is 30.6. The first-order valence-electron chi connectivity index (χ1n) is 4.97. The van der Waals surface area contributed by atoms with E-state index in [2.05, 4.69) is 4.74 Å². The molecule has 0 aromatic heterocycles. The molecule has 0 unspecified atom stereocenters. The molecule has 3 N–H and O–H groups in total. The van der Waals surface area contributed by atoms with Crippen molar-refractivity contribution in [2.24, 2.45) is 0 Å². The molecular weight excluding hydrogens is 276 g/mol. The smallest absolute Gasteiger partial charge is 0.422 e. The summed E-state index contributed by atoms with van der Waals surface area (Å²) in [6, 6.07) is 4.12. The minimum Gasteiger partial charge on any atom is -0.478 e. The fourth-order valence-electron chi connectivity index (χ4n) is 1.25. The number of hydrogen-bond acceptors (Lipinski definition) is 5. The zero-order valence-corrected chi connectivity index (χ0v) is 10.9. The third kappa shape index (κ3) is 4.14. The summed E-state index contributed by atoms with van der Waals surface area (Å²) >= 11 is 0. The lowest BCUT2D eigenvalue weighted by molar-refractivity contribution is 0.0698. The molecule has 0 radical (unpaired) electrons.